The number of para-hydroxylation sites is 1. The summed E-state index contributed by atoms with van der Waals surface area (Å²) in [6, 6.07) is 22.0. The van der Waals surface area contributed by atoms with E-state index in [1.165, 1.54) is 16.7 Å². The fourth-order valence-electron chi connectivity index (χ4n) is 3.81. The third-order valence-corrected chi connectivity index (χ3v) is 7.55. The van der Waals surface area contributed by atoms with E-state index < -0.39 is 11.2 Å². The summed E-state index contributed by atoms with van der Waals surface area (Å²) in [6.45, 7) is 3.95. The Morgan fingerprint density at radius 3 is 2.47 bits per heavy atom. The number of hydrogen-bond donors (Lipinski definition) is 1. The molecule has 0 aromatic heterocycles. The zero-order valence-electron chi connectivity index (χ0n) is 20.0. The topological polar surface area (TPSA) is 82.4 Å². The first-order valence-electron chi connectivity index (χ1n) is 11.2. The highest BCUT2D eigenvalue weighted by atomic mass is 35.5. The average molecular weight is 518 g/mol. The van der Waals surface area contributed by atoms with Gasteiger partial charge in [-0.1, -0.05) is 53.7 Å². The van der Waals surface area contributed by atoms with Gasteiger partial charge in [-0.25, -0.2) is 0 Å². The van der Waals surface area contributed by atoms with Crippen LogP contribution in [0.15, 0.2) is 77.3 Å². The Morgan fingerprint density at radius 1 is 1.11 bits per heavy atom. The summed E-state index contributed by atoms with van der Waals surface area (Å²) in [5.74, 6) is -0.0864. The van der Waals surface area contributed by atoms with Gasteiger partial charge in [0.05, 0.1) is 23.1 Å². The van der Waals surface area contributed by atoms with Crippen molar-refractivity contribution in [2.24, 2.45) is 0 Å². The van der Waals surface area contributed by atoms with Crippen LogP contribution in [-0.4, -0.2) is 24.2 Å². The van der Waals surface area contributed by atoms with Crippen molar-refractivity contribution >= 4 is 46.6 Å². The Hall–Kier alpha value is -3.73. The van der Waals surface area contributed by atoms with E-state index in [-0.39, 0.29) is 11.5 Å². The molecule has 0 spiro atoms. The quantitative estimate of drug-likeness (QED) is 0.319. The summed E-state index contributed by atoms with van der Waals surface area (Å²) in [4.78, 5) is 28.4. The summed E-state index contributed by atoms with van der Waals surface area (Å²) >= 11 is 7.42. The lowest BCUT2D eigenvalue weighted by Gasteiger charge is -2.20. The molecule has 1 aliphatic heterocycles. The van der Waals surface area contributed by atoms with Crippen LogP contribution in [0.2, 0.25) is 5.02 Å². The van der Waals surface area contributed by atoms with E-state index in [0.717, 1.165) is 22.4 Å². The molecule has 1 atom stereocenters. The molecule has 36 heavy (non-hydrogen) atoms. The van der Waals surface area contributed by atoms with Crippen molar-refractivity contribution in [2.45, 2.75) is 25.5 Å². The second-order valence-electron chi connectivity index (χ2n) is 8.33. The van der Waals surface area contributed by atoms with Gasteiger partial charge in [0.1, 0.15) is 22.4 Å². The third kappa shape index (κ3) is 5.25. The molecule has 1 aliphatic rings. The SMILES string of the molecule is COc1ccc(C[C@@H]2S/C(=C(/C#N)C(=O)Nc3ccccc3Cl)N(c3ccc(C)c(C)c3)C2=O)cc1. The fraction of sp³-hybridized carbons (Fsp3) is 0.179. The molecule has 1 N–H and O–H groups in total. The van der Waals surface area contributed by atoms with Crippen molar-refractivity contribution < 1.29 is 14.3 Å². The molecule has 0 aliphatic carbocycles. The van der Waals surface area contributed by atoms with Gasteiger partial charge in [0.15, 0.2) is 0 Å². The summed E-state index contributed by atoms with van der Waals surface area (Å²) < 4.78 is 5.22. The minimum absolute atomic E-state index is 0.149. The minimum Gasteiger partial charge on any atom is -0.497 e. The van der Waals surface area contributed by atoms with E-state index in [9.17, 15) is 14.9 Å². The maximum Gasteiger partial charge on any atom is 0.269 e. The van der Waals surface area contributed by atoms with Gasteiger partial charge in [0.2, 0.25) is 5.91 Å². The normalized spacial score (nSPS) is 16.5. The largest absolute Gasteiger partial charge is 0.497 e. The predicted molar refractivity (Wildman–Crippen MR) is 144 cm³/mol. The van der Waals surface area contributed by atoms with Crippen LogP contribution in [0.4, 0.5) is 11.4 Å². The van der Waals surface area contributed by atoms with Gasteiger partial charge in [-0.3, -0.25) is 14.5 Å². The summed E-state index contributed by atoms with van der Waals surface area (Å²) in [7, 11) is 1.60. The molecule has 8 heteroatoms. The molecule has 1 saturated heterocycles. The number of nitrogens with one attached hydrogen (secondary N) is 1. The Kier molecular flexibility index (Phi) is 7.68. The summed E-state index contributed by atoms with van der Waals surface area (Å²) in [5.41, 5.74) is 3.88. The lowest BCUT2D eigenvalue weighted by Crippen LogP contribution is -2.31. The molecule has 1 fully saturated rings. The van der Waals surface area contributed by atoms with E-state index in [1.54, 1.807) is 31.4 Å². The first-order chi connectivity index (χ1) is 17.3. The number of nitriles is 1. The Balaban J connectivity index is 1.74. The number of carbonyl (C=O) groups is 2. The molecular weight excluding hydrogens is 494 g/mol. The van der Waals surface area contributed by atoms with Gasteiger partial charge < -0.3 is 10.1 Å². The number of carbonyl (C=O) groups excluding carboxylic acids is 2. The summed E-state index contributed by atoms with van der Waals surface area (Å²) in [5, 5.41) is 12.9. The number of anilines is 2. The Bertz CT molecular complexity index is 1400. The van der Waals surface area contributed by atoms with E-state index >= 15 is 0 Å². The zero-order chi connectivity index (χ0) is 25.8. The van der Waals surface area contributed by atoms with Gasteiger partial charge in [-0.2, -0.15) is 5.26 Å². The minimum atomic E-state index is -0.625. The molecule has 2 amide bonds. The van der Waals surface area contributed by atoms with Gasteiger partial charge in [0.25, 0.3) is 5.91 Å². The van der Waals surface area contributed by atoms with Crippen LogP contribution in [-0.2, 0) is 16.0 Å². The van der Waals surface area contributed by atoms with E-state index in [0.29, 0.717) is 27.8 Å². The van der Waals surface area contributed by atoms with Crippen LogP contribution in [0.5, 0.6) is 5.75 Å². The van der Waals surface area contributed by atoms with Crippen molar-refractivity contribution in [2.75, 3.05) is 17.3 Å². The Morgan fingerprint density at radius 2 is 1.83 bits per heavy atom. The maximum absolute atomic E-state index is 13.7. The fourth-order valence-corrected chi connectivity index (χ4v) is 5.30. The number of benzene rings is 3. The highest BCUT2D eigenvalue weighted by Crippen LogP contribution is 2.42. The molecule has 0 bridgehead atoms. The molecule has 4 rings (SSSR count). The Labute approximate surface area is 219 Å². The van der Waals surface area contributed by atoms with Gasteiger partial charge in [-0.05, 0) is 73.4 Å². The molecule has 1 heterocycles. The number of hydrogen-bond acceptors (Lipinski definition) is 5. The third-order valence-electron chi connectivity index (χ3n) is 5.96. The van der Waals surface area contributed by atoms with E-state index in [1.807, 2.05) is 62.4 Å². The molecule has 0 unspecified atom stereocenters. The number of nitrogens with zero attached hydrogens (tertiary/aromatic N) is 2. The molecule has 0 radical (unpaired) electrons. The second kappa shape index (κ2) is 10.9. The van der Waals surface area contributed by atoms with Crippen molar-refractivity contribution in [3.8, 4) is 11.8 Å². The first-order valence-corrected chi connectivity index (χ1v) is 12.5. The molecule has 3 aromatic rings. The smallest absolute Gasteiger partial charge is 0.269 e. The summed E-state index contributed by atoms with van der Waals surface area (Å²) in [6.07, 6.45) is 0.434. The lowest BCUT2D eigenvalue weighted by molar-refractivity contribution is -0.117. The highest BCUT2D eigenvalue weighted by molar-refractivity contribution is 8.05. The predicted octanol–water partition coefficient (Wildman–Crippen LogP) is 6.03. The number of aryl methyl sites for hydroxylation is 2. The van der Waals surface area contributed by atoms with E-state index in [2.05, 4.69) is 5.32 Å². The number of halogens is 1. The molecular formula is C28H24ClN3O3S. The van der Waals surface area contributed by atoms with Crippen LogP contribution in [0.3, 0.4) is 0 Å². The van der Waals surface area contributed by atoms with Gasteiger partial charge in [-0.15, -0.1) is 0 Å². The van der Waals surface area contributed by atoms with Crippen molar-refractivity contribution in [1.82, 2.24) is 0 Å². The lowest BCUT2D eigenvalue weighted by atomic mass is 10.1. The molecule has 0 saturated carbocycles. The van der Waals surface area contributed by atoms with E-state index in [4.69, 9.17) is 16.3 Å². The molecule has 6 nitrogen and oxygen atoms in total. The van der Waals surface area contributed by atoms with Gasteiger partial charge >= 0.3 is 0 Å². The van der Waals surface area contributed by atoms with Crippen LogP contribution < -0.4 is 15.0 Å². The standard InChI is InChI=1S/C28H24ClN3O3S/c1-17-8-11-20(14-18(17)2)32-27(34)25(15-19-9-12-21(35-3)13-10-19)36-28(32)22(16-30)26(33)31-24-7-5-4-6-23(24)29/h4-14,25H,15H2,1-3H3,(H,31,33)/b28-22-/t25-/m0/s1. The maximum atomic E-state index is 13.7. The number of rotatable bonds is 6. The zero-order valence-corrected chi connectivity index (χ0v) is 21.6. The monoisotopic (exact) mass is 517 g/mol. The van der Waals surface area contributed by atoms with Crippen molar-refractivity contribution in [3.63, 3.8) is 0 Å². The van der Waals surface area contributed by atoms with Crippen molar-refractivity contribution in [3.05, 3.63) is 99.0 Å². The molecule has 3 aromatic carbocycles. The average Bonchev–Trinajstić information content (AvgIpc) is 3.18. The number of methoxy groups -OCH3 is 1. The first kappa shape index (κ1) is 25.4. The second-order valence-corrected chi connectivity index (χ2v) is 9.93. The van der Waals surface area contributed by atoms with Crippen LogP contribution in [0.1, 0.15) is 16.7 Å². The number of thioether (sulfide) groups is 1. The van der Waals surface area contributed by atoms with Crippen LogP contribution in [0, 0.1) is 25.2 Å². The number of amides is 2. The van der Waals surface area contributed by atoms with Crippen LogP contribution >= 0.6 is 23.4 Å². The van der Waals surface area contributed by atoms with Gasteiger partial charge in [0, 0.05) is 5.69 Å². The number of ether oxygens (including phenoxy) is 1. The van der Waals surface area contributed by atoms with Crippen LogP contribution in [0.25, 0.3) is 0 Å². The highest BCUT2D eigenvalue weighted by Gasteiger charge is 2.41. The van der Waals surface area contributed by atoms with Crippen molar-refractivity contribution in [1.29, 1.82) is 5.26 Å². The molecule has 182 valence electrons.